The summed E-state index contributed by atoms with van der Waals surface area (Å²) < 4.78 is 39.6. The summed E-state index contributed by atoms with van der Waals surface area (Å²) in [5, 5.41) is 2.71. The average Bonchev–Trinajstić information content (AvgIpc) is 2.86. The zero-order chi connectivity index (χ0) is 25.7. The molecule has 1 amide bonds. The molecule has 0 radical (unpaired) electrons. The number of nitrogens with zero attached hydrogens (tertiary/aromatic N) is 2. The molecule has 0 saturated carbocycles. The Hall–Kier alpha value is -4.44. The Morgan fingerprint density at radius 3 is 2.11 bits per heavy atom. The number of carbonyl (C=O) groups is 1. The lowest BCUT2D eigenvalue weighted by Crippen LogP contribution is -2.18. The third kappa shape index (κ3) is 5.97. The number of amides is 1. The van der Waals surface area contributed by atoms with Crippen LogP contribution in [0.5, 0.6) is 17.2 Å². The number of aryl methyl sites for hydroxylation is 2. The fourth-order valence-corrected chi connectivity index (χ4v) is 4.26. The van der Waals surface area contributed by atoms with Crippen molar-refractivity contribution in [2.24, 2.45) is 0 Å². The lowest BCUT2D eigenvalue weighted by molar-refractivity contribution is 0.102. The molecule has 10 heteroatoms. The Morgan fingerprint density at radius 2 is 1.47 bits per heavy atom. The van der Waals surface area contributed by atoms with E-state index in [-0.39, 0.29) is 22.0 Å². The second-order valence-corrected chi connectivity index (χ2v) is 9.58. The van der Waals surface area contributed by atoms with Gasteiger partial charge in [0.2, 0.25) is 0 Å². The van der Waals surface area contributed by atoms with Crippen molar-refractivity contribution >= 4 is 27.3 Å². The van der Waals surface area contributed by atoms with Crippen LogP contribution in [0.15, 0.2) is 84.0 Å². The standard InChI is InChI=1S/C26H24N4O5S/c1-17-4-11-22(12-5-17)36(32,33)30-23-13-10-21(35-20-8-6-19(34-3)7-9-20)14-24(23)29-26(31)25-16-27-18(2)15-28-25/h4-16,30H,1-3H3,(H,29,31). The molecule has 4 rings (SSSR count). The van der Waals surface area contributed by atoms with E-state index in [1.807, 2.05) is 6.92 Å². The first-order chi connectivity index (χ1) is 17.2. The average molecular weight is 505 g/mol. The van der Waals surface area contributed by atoms with E-state index in [1.165, 1.54) is 36.7 Å². The number of anilines is 2. The van der Waals surface area contributed by atoms with Crippen LogP contribution in [-0.4, -0.2) is 31.4 Å². The number of nitrogens with one attached hydrogen (secondary N) is 2. The van der Waals surface area contributed by atoms with Crippen molar-refractivity contribution in [2.45, 2.75) is 18.7 Å². The maximum atomic E-state index is 13.0. The van der Waals surface area contributed by atoms with E-state index in [2.05, 4.69) is 20.0 Å². The van der Waals surface area contributed by atoms with Gasteiger partial charge in [-0.25, -0.2) is 13.4 Å². The molecule has 36 heavy (non-hydrogen) atoms. The molecular weight excluding hydrogens is 480 g/mol. The van der Waals surface area contributed by atoms with Crippen LogP contribution in [-0.2, 0) is 10.0 Å². The van der Waals surface area contributed by atoms with Crippen molar-refractivity contribution in [3.63, 3.8) is 0 Å². The monoisotopic (exact) mass is 504 g/mol. The van der Waals surface area contributed by atoms with Crippen LogP contribution in [0.4, 0.5) is 11.4 Å². The third-order valence-electron chi connectivity index (χ3n) is 5.12. The van der Waals surface area contributed by atoms with Crippen LogP contribution in [0.25, 0.3) is 0 Å². The van der Waals surface area contributed by atoms with Gasteiger partial charge < -0.3 is 14.8 Å². The molecule has 4 aromatic rings. The second-order valence-electron chi connectivity index (χ2n) is 7.90. The van der Waals surface area contributed by atoms with E-state index in [4.69, 9.17) is 9.47 Å². The van der Waals surface area contributed by atoms with Gasteiger partial charge in [-0.1, -0.05) is 17.7 Å². The van der Waals surface area contributed by atoms with E-state index in [1.54, 1.807) is 56.5 Å². The van der Waals surface area contributed by atoms with E-state index >= 15 is 0 Å². The lowest BCUT2D eigenvalue weighted by atomic mass is 10.2. The molecule has 0 aliphatic rings. The first-order valence-electron chi connectivity index (χ1n) is 10.9. The largest absolute Gasteiger partial charge is 0.497 e. The topological polar surface area (TPSA) is 120 Å². The molecule has 1 heterocycles. The van der Waals surface area contributed by atoms with Crippen molar-refractivity contribution in [1.82, 2.24) is 9.97 Å². The number of ether oxygens (including phenoxy) is 2. The van der Waals surface area contributed by atoms with E-state index < -0.39 is 15.9 Å². The minimum absolute atomic E-state index is 0.0782. The second kappa shape index (κ2) is 10.4. The van der Waals surface area contributed by atoms with Crippen molar-refractivity contribution in [1.29, 1.82) is 0 Å². The van der Waals surface area contributed by atoms with Crippen LogP contribution in [0.2, 0.25) is 0 Å². The molecule has 0 unspecified atom stereocenters. The Morgan fingerprint density at radius 1 is 0.806 bits per heavy atom. The molecule has 9 nitrogen and oxygen atoms in total. The Labute approximate surface area is 209 Å². The maximum Gasteiger partial charge on any atom is 0.275 e. The molecule has 0 aliphatic carbocycles. The highest BCUT2D eigenvalue weighted by Crippen LogP contribution is 2.32. The highest BCUT2D eigenvalue weighted by Gasteiger charge is 2.19. The molecule has 2 N–H and O–H groups in total. The first-order valence-corrected chi connectivity index (χ1v) is 12.4. The molecular formula is C26H24N4O5S. The zero-order valence-electron chi connectivity index (χ0n) is 19.8. The maximum absolute atomic E-state index is 13.0. The van der Waals surface area contributed by atoms with Crippen molar-refractivity contribution in [3.05, 3.63) is 96.1 Å². The SMILES string of the molecule is COc1ccc(Oc2ccc(NS(=O)(=O)c3ccc(C)cc3)c(NC(=O)c3cnc(C)cn3)c2)cc1. The number of hydrogen-bond donors (Lipinski definition) is 2. The smallest absolute Gasteiger partial charge is 0.275 e. The minimum Gasteiger partial charge on any atom is -0.497 e. The predicted molar refractivity (Wildman–Crippen MR) is 136 cm³/mol. The molecule has 3 aromatic carbocycles. The van der Waals surface area contributed by atoms with Crippen LogP contribution in [0, 0.1) is 13.8 Å². The number of hydrogen-bond acceptors (Lipinski definition) is 7. The highest BCUT2D eigenvalue weighted by molar-refractivity contribution is 7.92. The van der Waals surface area contributed by atoms with Gasteiger partial charge in [0, 0.05) is 12.3 Å². The summed E-state index contributed by atoms with van der Waals surface area (Å²) in [6, 6.07) is 18.0. The van der Waals surface area contributed by atoms with Gasteiger partial charge in [-0.3, -0.25) is 14.5 Å². The molecule has 0 saturated heterocycles. The highest BCUT2D eigenvalue weighted by atomic mass is 32.2. The quantitative estimate of drug-likeness (QED) is 0.348. The summed E-state index contributed by atoms with van der Waals surface area (Å²) >= 11 is 0. The zero-order valence-corrected chi connectivity index (χ0v) is 20.7. The number of benzene rings is 3. The summed E-state index contributed by atoms with van der Waals surface area (Å²) in [4.78, 5) is 21.1. The summed E-state index contributed by atoms with van der Waals surface area (Å²) in [5.41, 5.74) is 2.01. The van der Waals surface area contributed by atoms with Gasteiger partial charge in [0.25, 0.3) is 15.9 Å². The molecule has 1 aromatic heterocycles. The normalized spacial score (nSPS) is 11.0. The first kappa shape index (κ1) is 24.7. The van der Waals surface area contributed by atoms with Gasteiger partial charge in [-0.2, -0.15) is 0 Å². The molecule has 0 aliphatic heterocycles. The van der Waals surface area contributed by atoms with E-state index in [0.29, 0.717) is 22.9 Å². The van der Waals surface area contributed by atoms with Crippen molar-refractivity contribution in [2.75, 3.05) is 17.1 Å². The van der Waals surface area contributed by atoms with E-state index in [9.17, 15) is 13.2 Å². The third-order valence-corrected chi connectivity index (χ3v) is 6.50. The predicted octanol–water partition coefficient (Wildman–Crippen LogP) is 4.95. The van der Waals surface area contributed by atoms with Gasteiger partial charge in [-0.15, -0.1) is 0 Å². The summed E-state index contributed by atoms with van der Waals surface area (Å²) in [6.07, 6.45) is 2.82. The molecule has 184 valence electrons. The molecule has 0 atom stereocenters. The number of methoxy groups -OCH3 is 1. The minimum atomic E-state index is -3.92. The van der Waals surface area contributed by atoms with Crippen LogP contribution >= 0.6 is 0 Å². The number of carbonyl (C=O) groups excluding carboxylic acids is 1. The van der Waals surface area contributed by atoms with Gasteiger partial charge in [0.05, 0.1) is 35.3 Å². The molecule has 0 bridgehead atoms. The lowest BCUT2D eigenvalue weighted by Gasteiger charge is -2.16. The Bertz CT molecular complexity index is 1470. The summed E-state index contributed by atoms with van der Waals surface area (Å²) in [6.45, 7) is 3.62. The van der Waals surface area contributed by atoms with Gasteiger partial charge in [0.15, 0.2) is 0 Å². The Balaban J connectivity index is 1.66. The van der Waals surface area contributed by atoms with Crippen LogP contribution in [0.1, 0.15) is 21.7 Å². The van der Waals surface area contributed by atoms with Crippen LogP contribution < -0.4 is 19.5 Å². The van der Waals surface area contributed by atoms with Crippen molar-refractivity contribution in [3.8, 4) is 17.2 Å². The number of sulfonamides is 1. The van der Waals surface area contributed by atoms with Gasteiger partial charge >= 0.3 is 0 Å². The number of aromatic nitrogens is 2. The summed E-state index contributed by atoms with van der Waals surface area (Å²) in [5.74, 6) is 1.03. The van der Waals surface area contributed by atoms with E-state index in [0.717, 1.165) is 5.56 Å². The van der Waals surface area contributed by atoms with Gasteiger partial charge in [0.1, 0.15) is 22.9 Å². The van der Waals surface area contributed by atoms with Gasteiger partial charge in [-0.05, 0) is 62.4 Å². The van der Waals surface area contributed by atoms with Crippen molar-refractivity contribution < 1.29 is 22.7 Å². The summed E-state index contributed by atoms with van der Waals surface area (Å²) in [7, 11) is -2.35. The number of rotatable bonds is 8. The molecule has 0 spiro atoms. The molecule has 0 fully saturated rings. The van der Waals surface area contributed by atoms with Crippen LogP contribution in [0.3, 0.4) is 0 Å². The Kier molecular flexibility index (Phi) is 7.16. The fourth-order valence-electron chi connectivity index (χ4n) is 3.18. The fraction of sp³-hybridized carbons (Fsp3) is 0.115.